The molecule has 29 heavy (non-hydrogen) atoms. The van der Waals surface area contributed by atoms with Crippen LogP contribution in [0.3, 0.4) is 0 Å². The Hall–Kier alpha value is -3.75. The minimum absolute atomic E-state index is 0.000322. The highest BCUT2D eigenvalue weighted by molar-refractivity contribution is 5.98. The number of urea groups is 1. The fourth-order valence-electron chi connectivity index (χ4n) is 2.57. The fourth-order valence-corrected chi connectivity index (χ4v) is 2.57. The van der Waals surface area contributed by atoms with Crippen LogP contribution in [0.4, 0.5) is 29.3 Å². The van der Waals surface area contributed by atoms with Crippen LogP contribution < -0.4 is 20.1 Å². The zero-order valence-corrected chi connectivity index (χ0v) is 15.2. The molecule has 3 aromatic rings. The first-order valence-electron chi connectivity index (χ1n) is 8.33. The van der Waals surface area contributed by atoms with Gasteiger partial charge in [0.15, 0.2) is 0 Å². The van der Waals surface area contributed by atoms with Gasteiger partial charge < -0.3 is 15.2 Å². The van der Waals surface area contributed by atoms with Gasteiger partial charge in [0.25, 0.3) is 0 Å². The molecule has 0 spiro atoms. The second kappa shape index (κ2) is 8.09. The van der Waals surface area contributed by atoms with E-state index in [4.69, 9.17) is 15.2 Å². The first-order chi connectivity index (χ1) is 13.8. The summed E-state index contributed by atoms with van der Waals surface area (Å²) >= 11 is 0. The molecule has 0 radical (unpaired) electrons. The number of rotatable bonds is 5. The van der Waals surface area contributed by atoms with E-state index in [9.17, 15) is 18.0 Å². The van der Waals surface area contributed by atoms with Crippen molar-refractivity contribution in [3.8, 4) is 17.4 Å². The smallest absolute Gasteiger partial charge is 0.416 e. The van der Waals surface area contributed by atoms with Crippen molar-refractivity contribution in [3.05, 3.63) is 72.4 Å². The molecule has 0 fully saturated rings. The zero-order valence-electron chi connectivity index (χ0n) is 15.2. The molecule has 1 heterocycles. The molecule has 2 N–H and O–H groups in total. The lowest BCUT2D eigenvalue weighted by Crippen LogP contribution is -2.31. The molecule has 1 aromatic heterocycles. The molecule has 0 aliphatic rings. The number of carbonyl (C=O) groups excluding carboxylic acids is 1. The van der Waals surface area contributed by atoms with E-state index in [1.807, 2.05) is 0 Å². The van der Waals surface area contributed by atoms with E-state index in [0.717, 1.165) is 17.0 Å². The largest absolute Gasteiger partial charge is 0.481 e. The Balaban J connectivity index is 1.84. The number of carbonyl (C=O) groups is 1. The molecule has 9 heteroatoms. The van der Waals surface area contributed by atoms with E-state index < -0.39 is 17.8 Å². The van der Waals surface area contributed by atoms with Crippen molar-refractivity contribution in [2.75, 3.05) is 12.0 Å². The molecule has 0 unspecified atom stereocenters. The van der Waals surface area contributed by atoms with Crippen LogP contribution in [0.5, 0.6) is 17.4 Å². The lowest BCUT2D eigenvalue weighted by Gasteiger charge is -2.22. The van der Waals surface area contributed by atoms with E-state index in [0.29, 0.717) is 17.4 Å². The minimum Gasteiger partial charge on any atom is -0.481 e. The highest BCUT2D eigenvalue weighted by atomic mass is 19.4. The van der Waals surface area contributed by atoms with E-state index >= 15 is 0 Å². The lowest BCUT2D eigenvalue weighted by molar-refractivity contribution is -0.137. The van der Waals surface area contributed by atoms with Crippen LogP contribution in [0, 0.1) is 0 Å². The maximum Gasteiger partial charge on any atom is 0.416 e. The third-order valence-electron chi connectivity index (χ3n) is 3.90. The van der Waals surface area contributed by atoms with Crippen molar-refractivity contribution < 1.29 is 27.4 Å². The number of anilines is 2. The predicted molar refractivity (Wildman–Crippen MR) is 100 cm³/mol. The Morgan fingerprint density at radius 1 is 1.00 bits per heavy atom. The predicted octanol–water partition coefficient (Wildman–Crippen LogP) is 5.12. The quantitative estimate of drug-likeness (QED) is 0.642. The van der Waals surface area contributed by atoms with Gasteiger partial charge in [0.2, 0.25) is 5.88 Å². The molecule has 0 saturated carbocycles. The topological polar surface area (TPSA) is 77.7 Å². The maximum absolute atomic E-state index is 13.0. The number of methoxy groups -OCH3 is 1. The van der Waals surface area contributed by atoms with Crippen molar-refractivity contribution in [1.29, 1.82) is 0 Å². The van der Waals surface area contributed by atoms with Crippen molar-refractivity contribution >= 4 is 17.4 Å². The molecule has 150 valence electrons. The lowest BCUT2D eigenvalue weighted by atomic mass is 10.1. The normalized spacial score (nSPS) is 11.0. The number of halogens is 3. The van der Waals surface area contributed by atoms with Crippen LogP contribution in [-0.2, 0) is 6.18 Å². The minimum atomic E-state index is -4.54. The SMILES string of the molecule is COc1ccc(Oc2ccc(N(C(N)=O)c3cccc(C(F)(F)F)c3)cc2)cn1. The van der Waals surface area contributed by atoms with Gasteiger partial charge in [-0.1, -0.05) is 6.07 Å². The van der Waals surface area contributed by atoms with Gasteiger partial charge >= 0.3 is 12.2 Å². The summed E-state index contributed by atoms with van der Waals surface area (Å²) in [6.07, 6.45) is -3.06. The van der Waals surface area contributed by atoms with Crippen molar-refractivity contribution in [1.82, 2.24) is 4.98 Å². The number of pyridine rings is 1. The van der Waals surface area contributed by atoms with E-state index in [2.05, 4.69) is 4.98 Å². The molecule has 2 amide bonds. The number of hydrogen-bond donors (Lipinski definition) is 1. The molecule has 0 atom stereocenters. The summed E-state index contributed by atoms with van der Waals surface area (Å²) in [7, 11) is 1.50. The summed E-state index contributed by atoms with van der Waals surface area (Å²) in [6, 6.07) is 12.9. The van der Waals surface area contributed by atoms with Crippen molar-refractivity contribution in [3.63, 3.8) is 0 Å². The summed E-state index contributed by atoms with van der Waals surface area (Å²) < 4.78 is 49.5. The van der Waals surface area contributed by atoms with Crippen LogP contribution in [0.25, 0.3) is 0 Å². The maximum atomic E-state index is 13.0. The van der Waals surface area contributed by atoms with Gasteiger partial charge in [-0.3, -0.25) is 4.90 Å². The number of hydrogen-bond acceptors (Lipinski definition) is 4. The number of nitrogens with zero attached hydrogens (tertiary/aromatic N) is 2. The number of alkyl halides is 3. The monoisotopic (exact) mass is 403 g/mol. The summed E-state index contributed by atoms with van der Waals surface area (Å²) in [5.74, 6) is 1.34. The van der Waals surface area contributed by atoms with Gasteiger partial charge in [0.1, 0.15) is 11.5 Å². The van der Waals surface area contributed by atoms with Crippen LogP contribution in [0.15, 0.2) is 66.9 Å². The third kappa shape index (κ3) is 4.75. The van der Waals surface area contributed by atoms with Gasteiger partial charge in [-0.05, 0) is 48.5 Å². The van der Waals surface area contributed by atoms with Gasteiger partial charge in [-0.25, -0.2) is 9.78 Å². The average molecular weight is 403 g/mol. The standard InChI is InChI=1S/C20H16F3N3O3/c1-28-18-10-9-17(12-25-18)29-16-7-5-14(6-8-16)26(19(24)27)15-4-2-3-13(11-15)20(21,22)23/h2-12H,1H3,(H2,24,27). The number of benzene rings is 2. The number of primary amides is 1. The first-order valence-corrected chi connectivity index (χ1v) is 8.33. The van der Waals surface area contributed by atoms with Gasteiger partial charge in [0, 0.05) is 6.07 Å². The molecule has 0 aliphatic carbocycles. The molecule has 6 nitrogen and oxygen atoms in total. The highest BCUT2D eigenvalue weighted by Crippen LogP contribution is 2.34. The van der Waals surface area contributed by atoms with Gasteiger partial charge in [-0.2, -0.15) is 13.2 Å². The van der Waals surface area contributed by atoms with Crippen LogP contribution in [0.2, 0.25) is 0 Å². The number of ether oxygens (including phenoxy) is 2. The van der Waals surface area contributed by atoms with Gasteiger partial charge in [0.05, 0.1) is 30.2 Å². The molecule has 0 saturated heterocycles. The van der Waals surface area contributed by atoms with Crippen LogP contribution in [-0.4, -0.2) is 18.1 Å². The van der Waals surface area contributed by atoms with E-state index in [1.165, 1.54) is 37.6 Å². The van der Waals surface area contributed by atoms with Crippen molar-refractivity contribution in [2.45, 2.75) is 6.18 Å². The Morgan fingerprint density at radius 2 is 1.69 bits per heavy atom. The van der Waals surface area contributed by atoms with E-state index in [1.54, 1.807) is 24.3 Å². The molecule has 0 aliphatic heterocycles. The first kappa shape index (κ1) is 20.0. The summed E-state index contributed by atoms with van der Waals surface area (Å²) in [4.78, 5) is 16.9. The second-order valence-electron chi connectivity index (χ2n) is 5.85. The van der Waals surface area contributed by atoms with Crippen molar-refractivity contribution in [2.24, 2.45) is 5.73 Å². The van der Waals surface area contributed by atoms with E-state index in [-0.39, 0.29) is 11.4 Å². The zero-order chi connectivity index (χ0) is 21.0. The highest BCUT2D eigenvalue weighted by Gasteiger charge is 2.31. The third-order valence-corrected chi connectivity index (χ3v) is 3.90. The molecular weight excluding hydrogens is 387 g/mol. The Labute approximate surface area is 164 Å². The van der Waals surface area contributed by atoms with Crippen LogP contribution in [0.1, 0.15) is 5.56 Å². The summed E-state index contributed by atoms with van der Waals surface area (Å²) in [6.45, 7) is 0. The number of amides is 2. The second-order valence-corrected chi connectivity index (χ2v) is 5.85. The molecule has 0 bridgehead atoms. The summed E-state index contributed by atoms with van der Waals surface area (Å²) in [5, 5.41) is 0. The Bertz CT molecular complexity index is 990. The molecule has 3 rings (SSSR count). The molecular formula is C20H16F3N3O3. The number of nitrogens with two attached hydrogens (primary N) is 1. The fraction of sp³-hybridized carbons (Fsp3) is 0.100. The number of aromatic nitrogens is 1. The van der Waals surface area contributed by atoms with Crippen LogP contribution >= 0.6 is 0 Å². The molecule has 2 aromatic carbocycles. The Morgan fingerprint density at radius 3 is 2.24 bits per heavy atom. The Kier molecular flexibility index (Phi) is 5.58. The van der Waals surface area contributed by atoms with Gasteiger partial charge in [-0.15, -0.1) is 0 Å². The average Bonchev–Trinajstić information content (AvgIpc) is 2.69. The summed E-state index contributed by atoms with van der Waals surface area (Å²) in [5.41, 5.74) is 4.81.